The van der Waals surface area contributed by atoms with Gasteiger partial charge in [-0.1, -0.05) is 0 Å². The summed E-state index contributed by atoms with van der Waals surface area (Å²) in [7, 11) is 0. The zero-order chi connectivity index (χ0) is 15.1. The molecule has 2 aromatic heterocycles. The number of rotatable bonds is 2. The maximum absolute atomic E-state index is 10.0. The lowest BCUT2D eigenvalue weighted by Crippen LogP contribution is -2.29. The molecule has 110 valence electrons. The van der Waals surface area contributed by atoms with E-state index in [1.807, 2.05) is 6.07 Å². The van der Waals surface area contributed by atoms with Crippen LogP contribution in [-0.4, -0.2) is 48.7 Å². The van der Waals surface area contributed by atoms with Crippen LogP contribution < -0.4 is 5.73 Å². The number of nitriles is 1. The first kappa shape index (κ1) is 13.8. The van der Waals surface area contributed by atoms with E-state index in [1.54, 1.807) is 12.1 Å². The van der Waals surface area contributed by atoms with Gasteiger partial charge in [0.1, 0.15) is 11.8 Å². The lowest BCUT2D eigenvalue weighted by molar-refractivity contribution is -0.000511. The second-order valence-corrected chi connectivity index (χ2v) is 5.21. The zero-order valence-corrected chi connectivity index (χ0v) is 11.0. The largest absolute Gasteiger partial charge is 0.396 e. The molecular weight excluding hydrogens is 274 g/mol. The van der Waals surface area contributed by atoms with Crippen molar-refractivity contribution in [3.8, 4) is 6.07 Å². The third-order valence-corrected chi connectivity index (χ3v) is 4.22. The SMILES string of the molecule is N#CC1C(c2ccc3c(N)ncnn23)[C@H](CO)[C@@H](O)[C@H]1O. The maximum Gasteiger partial charge on any atom is 0.151 e. The molecule has 0 radical (unpaired) electrons. The van der Waals surface area contributed by atoms with Crippen molar-refractivity contribution in [3.05, 3.63) is 24.2 Å². The van der Waals surface area contributed by atoms with Crippen molar-refractivity contribution in [1.29, 1.82) is 5.26 Å². The van der Waals surface area contributed by atoms with Crippen LogP contribution in [-0.2, 0) is 0 Å². The predicted molar refractivity (Wildman–Crippen MR) is 71.8 cm³/mol. The first-order valence-corrected chi connectivity index (χ1v) is 6.55. The molecule has 21 heavy (non-hydrogen) atoms. The van der Waals surface area contributed by atoms with Gasteiger partial charge in [-0.3, -0.25) is 0 Å². The summed E-state index contributed by atoms with van der Waals surface area (Å²) in [4.78, 5) is 3.89. The van der Waals surface area contributed by atoms with Crippen LogP contribution in [0.15, 0.2) is 18.5 Å². The number of anilines is 1. The monoisotopic (exact) mass is 289 g/mol. The average Bonchev–Trinajstić information content (AvgIpc) is 3.00. The molecule has 0 aromatic carbocycles. The van der Waals surface area contributed by atoms with Crippen molar-refractivity contribution in [2.45, 2.75) is 18.1 Å². The standard InChI is InChI=1S/C13H15N5O3/c14-3-6-10(7(4-19)12(21)11(6)20)8-1-2-9-13(15)16-5-17-18(8)9/h1-2,5-7,10-12,19-21H,4H2,(H2,15,16,17)/t6?,7-,10?,11-,12+/m0/s1. The molecule has 2 heterocycles. The molecule has 1 aliphatic rings. The van der Waals surface area contributed by atoms with E-state index in [1.165, 1.54) is 10.8 Å². The minimum Gasteiger partial charge on any atom is -0.396 e. The second-order valence-electron chi connectivity index (χ2n) is 5.21. The molecule has 1 aliphatic carbocycles. The summed E-state index contributed by atoms with van der Waals surface area (Å²) in [6, 6.07) is 5.45. The van der Waals surface area contributed by atoms with Gasteiger partial charge in [-0.25, -0.2) is 9.50 Å². The van der Waals surface area contributed by atoms with Gasteiger partial charge < -0.3 is 21.1 Å². The van der Waals surface area contributed by atoms with Crippen LogP contribution in [0.2, 0.25) is 0 Å². The van der Waals surface area contributed by atoms with Crippen LogP contribution >= 0.6 is 0 Å². The van der Waals surface area contributed by atoms with Gasteiger partial charge in [0.05, 0.1) is 24.2 Å². The molecular formula is C13H15N5O3. The highest BCUT2D eigenvalue weighted by molar-refractivity contribution is 5.65. The Labute approximate surface area is 120 Å². The highest BCUT2D eigenvalue weighted by atomic mass is 16.3. The van der Waals surface area contributed by atoms with E-state index in [-0.39, 0.29) is 6.61 Å². The fourth-order valence-corrected chi connectivity index (χ4v) is 3.16. The highest BCUT2D eigenvalue weighted by Gasteiger charge is 2.51. The van der Waals surface area contributed by atoms with Crippen LogP contribution in [0.1, 0.15) is 11.6 Å². The fraction of sp³-hybridized carbons (Fsp3) is 0.462. The average molecular weight is 289 g/mol. The van der Waals surface area contributed by atoms with Crippen molar-refractivity contribution < 1.29 is 15.3 Å². The van der Waals surface area contributed by atoms with Crippen LogP contribution in [0.5, 0.6) is 0 Å². The van der Waals surface area contributed by atoms with Crippen molar-refractivity contribution in [3.63, 3.8) is 0 Å². The minimum atomic E-state index is -1.21. The lowest BCUT2D eigenvalue weighted by atomic mass is 9.87. The van der Waals surface area contributed by atoms with E-state index in [9.17, 15) is 20.6 Å². The van der Waals surface area contributed by atoms with Gasteiger partial charge in [0.2, 0.25) is 0 Å². The fourth-order valence-electron chi connectivity index (χ4n) is 3.16. The smallest absolute Gasteiger partial charge is 0.151 e. The van der Waals surface area contributed by atoms with E-state index in [4.69, 9.17) is 5.73 Å². The molecule has 8 heteroatoms. The molecule has 8 nitrogen and oxygen atoms in total. The molecule has 2 unspecified atom stereocenters. The first-order valence-electron chi connectivity index (χ1n) is 6.55. The van der Waals surface area contributed by atoms with E-state index in [0.717, 1.165) is 0 Å². The molecule has 1 saturated carbocycles. The van der Waals surface area contributed by atoms with E-state index < -0.39 is 30.0 Å². The lowest BCUT2D eigenvalue weighted by Gasteiger charge is -2.20. The minimum absolute atomic E-state index is 0.296. The van der Waals surface area contributed by atoms with Gasteiger partial charge in [0, 0.05) is 24.1 Å². The summed E-state index contributed by atoms with van der Waals surface area (Å²) in [6.07, 6.45) is -1.07. The molecule has 5 atom stereocenters. The van der Waals surface area contributed by atoms with Crippen LogP contribution in [0.3, 0.4) is 0 Å². The first-order chi connectivity index (χ1) is 10.1. The molecule has 1 fully saturated rings. The molecule has 0 bridgehead atoms. The van der Waals surface area contributed by atoms with Crippen LogP contribution in [0.4, 0.5) is 5.82 Å². The van der Waals surface area contributed by atoms with E-state index >= 15 is 0 Å². The zero-order valence-electron chi connectivity index (χ0n) is 11.0. The van der Waals surface area contributed by atoms with Crippen molar-refractivity contribution in [2.24, 2.45) is 11.8 Å². The Hall–Kier alpha value is -2.21. The van der Waals surface area contributed by atoms with Gasteiger partial charge in [-0.05, 0) is 12.1 Å². The summed E-state index contributed by atoms with van der Waals surface area (Å²) in [5.74, 6) is -1.71. The van der Waals surface area contributed by atoms with Crippen LogP contribution in [0, 0.1) is 23.2 Å². The Morgan fingerprint density at radius 3 is 2.76 bits per heavy atom. The summed E-state index contributed by atoms with van der Waals surface area (Å²) >= 11 is 0. The molecule has 0 amide bonds. The summed E-state index contributed by atoms with van der Waals surface area (Å²) in [5, 5.41) is 42.9. The predicted octanol–water partition coefficient (Wildman–Crippen LogP) is -1.12. The normalized spacial score (nSPS) is 32.4. The Morgan fingerprint density at radius 1 is 1.33 bits per heavy atom. The van der Waals surface area contributed by atoms with E-state index in [2.05, 4.69) is 10.1 Å². The Bertz CT molecular complexity index is 709. The molecule has 0 spiro atoms. The van der Waals surface area contributed by atoms with E-state index in [0.29, 0.717) is 17.0 Å². The Balaban J connectivity index is 2.16. The number of hydrogen-bond acceptors (Lipinski definition) is 7. The number of nitrogens with two attached hydrogens (primary N) is 1. The number of fused-ring (bicyclic) bond motifs is 1. The Morgan fingerprint density at radius 2 is 2.10 bits per heavy atom. The summed E-state index contributed by atoms with van der Waals surface area (Å²) < 4.78 is 1.53. The topological polar surface area (TPSA) is 141 Å². The number of hydrogen-bond donors (Lipinski definition) is 4. The van der Waals surface area contributed by atoms with Gasteiger partial charge in [-0.15, -0.1) is 0 Å². The van der Waals surface area contributed by atoms with Gasteiger partial charge in [0.25, 0.3) is 0 Å². The van der Waals surface area contributed by atoms with Crippen molar-refractivity contribution in [1.82, 2.24) is 14.6 Å². The third kappa shape index (κ3) is 1.86. The third-order valence-electron chi connectivity index (χ3n) is 4.22. The quantitative estimate of drug-likeness (QED) is 0.548. The number of aliphatic hydroxyl groups excluding tert-OH is 3. The summed E-state index contributed by atoms with van der Waals surface area (Å²) in [5.41, 5.74) is 6.96. The van der Waals surface area contributed by atoms with Gasteiger partial charge >= 0.3 is 0 Å². The molecule has 5 N–H and O–H groups in total. The number of nitrogens with zero attached hydrogens (tertiary/aromatic N) is 4. The van der Waals surface area contributed by atoms with Gasteiger partial charge in [0.15, 0.2) is 5.82 Å². The Kier molecular flexibility index (Phi) is 3.25. The number of aliphatic hydroxyl groups is 3. The second kappa shape index (κ2) is 4.96. The molecule has 0 saturated heterocycles. The maximum atomic E-state index is 10.0. The molecule has 3 rings (SSSR count). The highest BCUT2D eigenvalue weighted by Crippen LogP contribution is 2.44. The molecule has 0 aliphatic heterocycles. The summed E-state index contributed by atoms with van der Waals surface area (Å²) in [6.45, 7) is -0.338. The molecule has 2 aromatic rings. The van der Waals surface area contributed by atoms with Crippen LogP contribution in [0.25, 0.3) is 5.52 Å². The van der Waals surface area contributed by atoms with Gasteiger partial charge in [-0.2, -0.15) is 10.4 Å². The number of nitrogen functional groups attached to an aromatic ring is 1. The van der Waals surface area contributed by atoms with Crippen molar-refractivity contribution in [2.75, 3.05) is 12.3 Å². The van der Waals surface area contributed by atoms with Crippen molar-refractivity contribution >= 4 is 11.3 Å². The number of aromatic nitrogens is 3.